The molecule has 0 unspecified atom stereocenters. The minimum Gasteiger partial charge on any atom is -0.392 e. The zero-order chi connectivity index (χ0) is 24.7. The number of hydrogen-bond donors (Lipinski definition) is 3. The fourth-order valence-corrected chi connectivity index (χ4v) is 6.05. The number of aliphatic hydroxyl groups excluding tert-OH is 1. The second kappa shape index (κ2) is 9.33. The Kier molecular flexibility index (Phi) is 6.00. The van der Waals surface area contributed by atoms with Crippen molar-refractivity contribution in [1.82, 2.24) is 29.7 Å². The monoisotopic (exact) mass is 490 g/mol. The molecular weight excluding hydrogens is 456 g/mol. The van der Waals surface area contributed by atoms with E-state index in [2.05, 4.69) is 41.0 Å². The van der Waals surface area contributed by atoms with Crippen LogP contribution in [0.1, 0.15) is 49.5 Å². The smallest absolute Gasteiger partial charge is 0.268 e. The largest absolute Gasteiger partial charge is 0.392 e. The van der Waals surface area contributed by atoms with Gasteiger partial charge in [-0.2, -0.15) is 4.98 Å². The molecule has 0 bridgehead atoms. The van der Waals surface area contributed by atoms with E-state index in [0.717, 1.165) is 75.1 Å². The van der Waals surface area contributed by atoms with Crippen molar-refractivity contribution in [3.05, 3.63) is 36.3 Å². The number of β-amino-alcohol motifs (C(OH)–C–C–N with tert-alkyl or cyclic N) is 1. The van der Waals surface area contributed by atoms with E-state index in [1.807, 2.05) is 25.3 Å². The molecule has 10 heteroatoms. The van der Waals surface area contributed by atoms with Crippen molar-refractivity contribution < 1.29 is 9.90 Å². The number of piperazine rings is 1. The lowest BCUT2D eigenvalue weighted by Gasteiger charge is -2.42. The van der Waals surface area contributed by atoms with Crippen LogP contribution in [0.5, 0.6) is 0 Å². The van der Waals surface area contributed by atoms with Crippen LogP contribution in [-0.4, -0.2) is 80.8 Å². The van der Waals surface area contributed by atoms with E-state index >= 15 is 0 Å². The lowest BCUT2D eigenvalue weighted by molar-refractivity contribution is 0.0833. The fourth-order valence-electron chi connectivity index (χ4n) is 6.05. The van der Waals surface area contributed by atoms with E-state index in [9.17, 15) is 9.90 Å². The molecule has 1 saturated carbocycles. The number of nitrogens with one attached hydrogen (secondary N) is 2. The molecule has 1 aliphatic carbocycles. The summed E-state index contributed by atoms with van der Waals surface area (Å²) in [5.41, 5.74) is 2.47. The number of amides is 1. The molecule has 6 rings (SSSR count). The predicted molar refractivity (Wildman–Crippen MR) is 139 cm³/mol. The van der Waals surface area contributed by atoms with Gasteiger partial charge in [0.15, 0.2) is 0 Å². The first-order valence-corrected chi connectivity index (χ1v) is 13.1. The van der Waals surface area contributed by atoms with Crippen LogP contribution in [0.3, 0.4) is 0 Å². The summed E-state index contributed by atoms with van der Waals surface area (Å²) in [4.78, 5) is 31.2. The molecule has 0 aromatic carbocycles. The van der Waals surface area contributed by atoms with Crippen molar-refractivity contribution >= 4 is 34.4 Å². The average Bonchev–Trinajstić information content (AvgIpc) is 3.28. The molecule has 1 atom stereocenters. The average molecular weight is 491 g/mol. The van der Waals surface area contributed by atoms with Crippen LogP contribution >= 0.6 is 0 Å². The van der Waals surface area contributed by atoms with Crippen molar-refractivity contribution in [2.75, 3.05) is 49.5 Å². The third-order valence-corrected chi connectivity index (χ3v) is 7.86. The van der Waals surface area contributed by atoms with Crippen LogP contribution in [0.2, 0.25) is 0 Å². The standard InChI is InChI=1S/C26H34N8O2/c1-18(35)16-32-9-11-33(12-10-32)20-5-6-22(27-15-20)30-25-28-14-19-13-21-24(36)29-17-26(7-3-2-4-8-26)34(21)23(19)31-25/h5-6,13-15,18,35H,2-4,7-12,16-17H2,1H3,(H,29,36)(H,27,28,30,31)/t18-/m1/s1. The number of carbonyl (C=O) groups excluding carboxylic acids is 1. The Morgan fingerprint density at radius 3 is 2.64 bits per heavy atom. The molecular formula is C26H34N8O2. The number of aliphatic hydroxyl groups is 1. The van der Waals surface area contributed by atoms with Gasteiger partial charge in [-0.1, -0.05) is 19.3 Å². The lowest BCUT2D eigenvalue weighted by Crippen LogP contribution is -2.52. The topological polar surface area (TPSA) is 111 Å². The third-order valence-electron chi connectivity index (χ3n) is 7.86. The first-order chi connectivity index (χ1) is 17.5. The van der Waals surface area contributed by atoms with Gasteiger partial charge in [0.25, 0.3) is 5.91 Å². The quantitative estimate of drug-likeness (QED) is 0.500. The molecule has 3 aliphatic rings. The van der Waals surface area contributed by atoms with E-state index in [0.29, 0.717) is 24.0 Å². The maximum absolute atomic E-state index is 12.7. The Morgan fingerprint density at radius 2 is 1.92 bits per heavy atom. The lowest BCUT2D eigenvalue weighted by atomic mass is 9.80. The van der Waals surface area contributed by atoms with E-state index < -0.39 is 0 Å². The summed E-state index contributed by atoms with van der Waals surface area (Å²) in [6, 6.07) is 5.94. The van der Waals surface area contributed by atoms with Gasteiger partial charge in [-0.05, 0) is 38.0 Å². The Hall–Kier alpha value is -3.24. The highest BCUT2D eigenvalue weighted by Crippen LogP contribution is 2.40. The molecule has 3 aromatic rings. The van der Waals surface area contributed by atoms with Gasteiger partial charge in [-0.3, -0.25) is 9.69 Å². The van der Waals surface area contributed by atoms with Crippen molar-refractivity contribution in [1.29, 1.82) is 0 Å². The summed E-state index contributed by atoms with van der Waals surface area (Å²) in [6.07, 6.45) is 9.04. The Labute approximate surface area is 210 Å². The second-order valence-electron chi connectivity index (χ2n) is 10.5. The molecule has 1 amide bonds. The highest BCUT2D eigenvalue weighted by Gasteiger charge is 2.41. The fraction of sp³-hybridized carbons (Fsp3) is 0.538. The van der Waals surface area contributed by atoms with Gasteiger partial charge < -0.3 is 25.2 Å². The molecule has 2 aliphatic heterocycles. The van der Waals surface area contributed by atoms with E-state index in [1.54, 1.807) is 6.20 Å². The van der Waals surface area contributed by atoms with E-state index in [4.69, 9.17) is 4.98 Å². The van der Waals surface area contributed by atoms with Gasteiger partial charge in [0.05, 0.1) is 23.5 Å². The Bertz CT molecular complexity index is 1240. The number of anilines is 3. The van der Waals surface area contributed by atoms with Crippen LogP contribution < -0.4 is 15.5 Å². The molecule has 5 heterocycles. The van der Waals surface area contributed by atoms with Crippen LogP contribution in [0, 0.1) is 0 Å². The second-order valence-corrected chi connectivity index (χ2v) is 10.5. The van der Waals surface area contributed by atoms with Crippen molar-refractivity contribution in [2.45, 2.75) is 50.7 Å². The molecule has 1 saturated heterocycles. The number of nitrogens with zero attached hydrogens (tertiary/aromatic N) is 6. The van der Waals surface area contributed by atoms with Gasteiger partial charge in [-0.25, -0.2) is 9.97 Å². The normalized spacial score (nSPS) is 20.8. The molecule has 3 N–H and O–H groups in total. The summed E-state index contributed by atoms with van der Waals surface area (Å²) in [7, 11) is 0. The number of aromatic nitrogens is 4. The number of pyridine rings is 1. The van der Waals surface area contributed by atoms with Crippen molar-refractivity contribution in [2.24, 2.45) is 0 Å². The van der Waals surface area contributed by atoms with E-state index in [1.165, 1.54) is 6.42 Å². The predicted octanol–water partition coefficient (Wildman–Crippen LogP) is 2.48. The van der Waals surface area contributed by atoms with Gasteiger partial charge >= 0.3 is 0 Å². The van der Waals surface area contributed by atoms with Crippen LogP contribution in [-0.2, 0) is 5.54 Å². The molecule has 36 heavy (non-hydrogen) atoms. The first kappa shape index (κ1) is 23.2. The van der Waals surface area contributed by atoms with Gasteiger partial charge in [0, 0.05) is 50.9 Å². The van der Waals surface area contributed by atoms with Crippen LogP contribution in [0.25, 0.3) is 11.0 Å². The highest BCUT2D eigenvalue weighted by atomic mass is 16.3. The Balaban J connectivity index is 1.20. The van der Waals surface area contributed by atoms with Crippen molar-refractivity contribution in [3.63, 3.8) is 0 Å². The maximum Gasteiger partial charge on any atom is 0.268 e. The van der Waals surface area contributed by atoms with Crippen LogP contribution in [0.4, 0.5) is 17.5 Å². The minimum absolute atomic E-state index is 0.0392. The summed E-state index contributed by atoms with van der Waals surface area (Å²) in [5.74, 6) is 1.12. The minimum atomic E-state index is -0.298. The number of fused-ring (bicyclic) bond motifs is 4. The third kappa shape index (κ3) is 4.28. The summed E-state index contributed by atoms with van der Waals surface area (Å²) < 4.78 is 2.18. The van der Waals surface area contributed by atoms with Crippen LogP contribution in [0.15, 0.2) is 30.6 Å². The molecule has 2 fully saturated rings. The Morgan fingerprint density at radius 1 is 1.11 bits per heavy atom. The van der Waals surface area contributed by atoms with E-state index in [-0.39, 0.29) is 17.6 Å². The summed E-state index contributed by atoms with van der Waals surface area (Å²) >= 11 is 0. The molecule has 10 nitrogen and oxygen atoms in total. The summed E-state index contributed by atoms with van der Waals surface area (Å²) in [6.45, 7) is 6.89. The summed E-state index contributed by atoms with van der Waals surface area (Å²) in [5, 5.41) is 16.9. The molecule has 1 spiro atoms. The molecule has 0 radical (unpaired) electrons. The number of hydrogen-bond acceptors (Lipinski definition) is 8. The molecule has 3 aromatic heterocycles. The maximum atomic E-state index is 12.7. The van der Waals surface area contributed by atoms with Gasteiger partial charge in [0.1, 0.15) is 17.2 Å². The SMILES string of the molecule is C[C@@H](O)CN1CCN(c2ccc(Nc3ncc4cc5n(c4n3)C3(CCCCC3)CNC5=O)nc2)CC1. The number of rotatable bonds is 5. The zero-order valence-electron chi connectivity index (χ0n) is 20.8. The van der Waals surface area contributed by atoms with Gasteiger partial charge in [0.2, 0.25) is 5.95 Å². The van der Waals surface area contributed by atoms with Gasteiger partial charge in [-0.15, -0.1) is 0 Å². The first-order valence-electron chi connectivity index (χ1n) is 13.1. The molecule has 190 valence electrons. The highest BCUT2D eigenvalue weighted by molar-refractivity contribution is 5.99. The zero-order valence-corrected chi connectivity index (χ0v) is 20.8. The van der Waals surface area contributed by atoms with Crippen molar-refractivity contribution in [3.8, 4) is 0 Å². The number of carbonyl (C=O) groups is 1.